The lowest BCUT2D eigenvalue weighted by Gasteiger charge is -2.17. The predicted octanol–water partition coefficient (Wildman–Crippen LogP) is 5.86. The molecule has 45 heavy (non-hydrogen) atoms. The second-order valence-corrected chi connectivity index (χ2v) is 11.1. The Kier molecular flexibility index (Phi) is 13.7. The molecule has 0 aliphatic carbocycles. The van der Waals surface area contributed by atoms with Crippen LogP contribution in [-0.4, -0.2) is 75.4 Å². The molecule has 0 aromatic heterocycles. The van der Waals surface area contributed by atoms with E-state index in [1.54, 1.807) is 48.5 Å². The van der Waals surface area contributed by atoms with Gasteiger partial charge < -0.3 is 33.2 Å². The van der Waals surface area contributed by atoms with Gasteiger partial charge in [-0.15, -0.1) is 0 Å². The molecule has 244 valence electrons. The molecule has 2 aromatic carbocycles. The maximum absolute atomic E-state index is 12.8. The summed E-state index contributed by atoms with van der Waals surface area (Å²) in [4.78, 5) is 36.6. The Balaban J connectivity index is 1.14. The van der Waals surface area contributed by atoms with Crippen LogP contribution in [0.4, 0.5) is 0 Å². The minimum atomic E-state index is -0.615. The molecule has 0 saturated carbocycles. The number of fused-ring (bicyclic) bond motifs is 1. The number of rotatable bonds is 19. The van der Waals surface area contributed by atoms with Crippen LogP contribution >= 0.6 is 0 Å². The number of carbonyl (C=O) groups is 3. The van der Waals surface area contributed by atoms with Crippen molar-refractivity contribution in [1.29, 1.82) is 0 Å². The fourth-order valence-corrected chi connectivity index (χ4v) is 5.11. The van der Waals surface area contributed by atoms with Crippen LogP contribution in [0.15, 0.2) is 61.2 Å². The van der Waals surface area contributed by atoms with Crippen molar-refractivity contribution in [1.82, 2.24) is 0 Å². The maximum atomic E-state index is 12.8. The third kappa shape index (κ3) is 10.6. The number of esters is 3. The number of hydrogen-bond donors (Lipinski definition) is 0. The summed E-state index contributed by atoms with van der Waals surface area (Å²) in [5.41, 5.74) is 0.795. The van der Waals surface area contributed by atoms with Gasteiger partial charge in [0.15, 0.2) is 12.2 Å². The van der Waals surface area contributed by atoms with E-state index < -0.39 is 42.3 Å². The van der Waals surface area contributed by atoms with Gasteiger partial charge in [-0.05, 0) is 80.6 Å². The van der Waals surface area contributed by atoms with Gasteiger partial charge in [-0.25, -0.2) is 14.4 Å². The van der Waals surface area contributed by atoms with Crippen LogP contribution in [-0.2, 0) is 28.5 Å². The van der Waals surface area contributed by atoms with Gasteiger partial charge in [0.25, 0.3) is 0 Å². The Morgan fingerprint density at radius 2 is 1.13 bits per heavy atom. The van der Waals surface area contributed by atoms with E-state index in [9.17, 15) is 14.4 Å². The first kappa shape index (κ1) is 34.0. The van der Waals surface area contributed by atoms with Gasteiger partial charge in [0.1, 0.15) is 23.7 Å². The Labute approximate surface area is 264 Å². The molecule has 2 aliphatic rings. The quantitative estimate of drug-likeness (QED) is 0.0814. The van der Waals surface area contributed by atoms with Crippen LogP contribution in [0, 0.1) is 0 Å². The third-order valence-electron chi connectivity index (χ3n) is 7.64. The monoisotopic (exact) mass is 624 g/mol. The minimum absolute atomic E-state index is 0.150. The molecule has 2 aromatic rings. The number of hydrogen-bond acceptors (Lipinski definition) is 10. The largest absolute Gasteiger partial charge is 0.494 e. The standard InChI is InChI=1S/C35H44O10/c1-3-5-6-9-20-39-27-16-12-25(13-17-27)34(37)44-29-23-42-33-30(24-43-32(29)33)45-35(38)26-14-18-28(19-15-26)40-21-10-7-8-11-22-41-31(36)4-2/h4,12-19,29-30,32-33H,2-3,5-11,20-24H2,1H3/t29-,30-,32-,33-/m0/s1. The Bertz CT molecular complexity index is 1230. The van der Waals surface area contributed by atoms with Crippen molar-refractivity contribution in [3.05, 3.63) is 72.3 Å². The first-order chi connectivity index (χ1) is 22.0. The van der Waals surface area contributed by atoms with E-state index in [0.717, 1.165) is 44.6 Å². The topological polar surface area (TPSA) is 116 Å². The highest BCUT2D eigenvalue weighted by atomic mass is 16.7. The van der Waals surface area contributed by atoms with Crippen molar-refractivity contribution in [2.45, 2.75) is 82.7 Å². The van der Waals surface area contributed by atoms with E-state index in [-0.39, 0.29) is 13.2 Å². The molecule has 0 radical (unpaired) electrons. The van der Waals surface area contributed by atoms with Crippen LogP contribution in [0.25, 0.3) is 0 Å². The van der Waals surface area contributed by atoms with E-state index in [0.29, 0.717) is 42.4 Å². The number of carbonyl (C=O) groups excluding carboxylic acids is 3. The first-order valence-electron chi connectivity index (χ1n) is 15.9. The molecule has 0 bridgehead atoms. The molecule has 0 unspecified atom stereocenters. The average Bonchev–Trinajstić information content (AvgIpc) is 3.65. The second-order valence-electron chi connectivity index (χ2n) is 11.1. The van der Waals surface area contributed by atoms with Crippen molar-refractivity contribution in [2.75, 3.05) is 33.0 Å². The molecule has 0 amide bonds. The lowest BCUT2D eigenvalue weighted by Crippen LogP contribution is -2.36. The van der Waals surface area contributed by atoms with Crippen molar-refractivity contribution in [3.8, 4) is 11.5 Å². The lowest BCUT2D eigenvalue weighted by atomic mass is 10.1. The number of ether oxygens (including phenoxy) is 7. The highest BCUT2D eigenvalue weighted by molar-refractivity contribution is 5.90. The van der Waals surface area contributed by atoms with Gasteiger partial charge in [0.2, 0.25) is 0 Å². The summed E-state index contributed by atoms with van der Waals surface area (Å²) in [6, 6.07) is 13.7. The zero-order valence-corrected chi connectivity index (χ0v) is 26.0. The molecule has 10 nitrogen and oxygen atoms in total. The van der Waals surface area contributed by atoms with Crippen molar-refractivity contribution in [3.63, 3.8) is 0 Å². The molecule has 10 heteroatoms. The molecule has 2 saturated heterocycles. The van der Waals surface area contributed by atoms with Crippen LogP contribution in [0.1, 0.15) is 79.0 Å². The summed E-state index contributed by atoms with van der Waals surface area (Å²) in [5.74, 6) is -0.000221. The van der Waals surface area contributed by atoms with Gasteiger partial charge in [-0.2, -0.15) is 0 Å². The number of unbranched alkanes of at least 4 members (excludes halogenated alkanes) is 6. The molecule has 4 rings (SSSR count). The van der Waals surface area contributed by atoms with Crippen LogP contribution in [0.2, 0.25) is 0 Å². The van der Waals surface area contributed by atoms with Crippen molar-refractivity contribution < 1.29 is 47.5 Å². The zero-order chi connectivity index (χ0) is 31.9. The third-order valence-corrected chi connectivity index (χ3v) is 7.64. The fraction of sp³-hybridized carbons (Fsp3) is 0.514. The summed E-state index contributed by atoms with van der Waals surface area (Å²) in [6.45, 7) is 7.42. The Morgan fingerprint density at radius 1 is 0.689 bits per heavy atom. The Morgan fingerprint density at radius 3 is 1.58 bits per heavy atom. The maximum Gasteiger partial charge on any atom is 0.338 e. The van der Waals surface area contributed by atoms with Crippen molar-refractivity contribution >= 4 is 17.9 Å². The van der Waals surface area contributed by atoms with Gasteiger partial charge in [0.05, 0.1) is 44.2 Å². The predicted molar refractivity (Wildman–Crippen MR) is 166 cm³/mol. The van der Waals surface area contributed by atoms with Gasteiger partial charge in [-0.3, -0.25) is 0 Å². The highest BCUT2D eigenvalue weighted by Gasteiger charge is 2.51. The summed E-state index contributed by atoms with van der Waals surface area (Å²) in [6.07, 6.45) is 6.95. The molecular formula is C35H44O10. The van der Waals surface area contributed by atoms with Gasteiger partial charge >= 0.3 is 17.9 Å². The highest BCUT2D eigenvalue weighted by Crippen LogP contribution is 2.32. The Hall–Kier alpha value is -3.89. The fourth-order valence-electron chi connectivity index (χ4n) is 5.11. The van der Waals surface area contributed by atoms with E-state index >= 15 is 0 Å². The lowest BCUT2D eigenvalue weighted by molar-refractivity contribution is -0.137. The molecule has 2 aliphatic heterocycles. The number of benzene rings is 2. The van der Waals surface area contributed by atoms with E-state index in [1.807, 2.05) is 0 Å². The van der Waals surface area contributed by atoms with Gasteiger partial charge in [0, 0.05) is 6.08 Å². The minimum Gasteiger partial charge on any atom is -0.494 e. The van der Waals surface area contributed by atoms with Crippen molar-refractivity contribution in [2.24, 2.45) is 0 Å². The summed E-state index contributed by atoms with van der Waals surface area (Å²) < 4.78 is 39.5. The second kappa shape index (κ2) is 18.2. The molecule has 0 spiro atoms. The molecule has 2 fully saturated rings. The van der Waals surface area contributed by atoms with E-state index in [4.69, 9.17) is 33.2 Å². The van der Waals surface area contributed by atoms with Crippen LogP contribution in [0.5, 0.6) is 11.5 Å². The van der Waals surface area contributed by atoms with E-state index in [1.165, 1.54) is 12.8 Å². The molecule has 2 heterocycles. The average molecular weight is 625 g/mol. The summed E-state index contributed by atoms with van der Waals surface area (Å²) in [7, 11) is 0. The summed E-state index contributed by atoms with van der Waals surface area (Å²) in [5, 5.41) is 0. The van der Waals surface area contributed by atoms with E-state index in [2.05, 4.69) is 13.5 Å². The first-order valence-corrected chi connectivity index (χ1v) is 15.9. The SMILES string of the molecule is C=CC(=O)OCCCCCCOc1ccc(C(=O)O[C@H]2CO[C@@H]3[C@H]2OC[C@@H]3OC(=O)c2ccc(OCCCCCC)cc2)cc1. The van der Waals surface area contributed by atoms with Crippen LogP contribution < -0.4 is 9.47 Å². The summed E-state index contributed by atoms with van der Waals surface area (Å²) >= 11 is 0. The van der Waals surface area contributed by atoms with Gasteiger partial charge in [-0.1, -0.05) is 32.8 Å². The normalized spacial score (nSPS) is 20.2. The van der Waals surface area contributed by atoms with Crippen LogP contribution in [0.3, 0.4) is 0 Å². The smallest absolute Gasteiger partial charge is 0.338 e. The zero-order valence-electron chi connectivity index (χ0n) is 26.0. The molecule has 4 atom stereocenters. The molecule has 0 N–H and O–H groups in total. The molecular weight excluding hydrogens is 580 g/mol.